The van der Waals surface area contributed by atoms with Crippen molar-refractivity contribution in [3.63, 3.8) is 0 Å². The van der Waals surface area contributed by atoms with Crippen molar-refractivity contribution in [2.24, 2.45) is 0 Å². The van der Waals surface area contributed by atoms with Gasteiger partial charge in [0, 0.05) is 32.2 Å². The summed E-state index contributed by atoms with van der Waals surface area (Å²) in [6, 6.07) is 0.575. The van der Waals surface area contributed by atoms with E-state index in [1.165, 1.54) is 39.0 Å². The Balaban J connectivity index is 1.71. The molecule has 100 valence electrons. The zero-order valence-electron chi connectivity index (χ0n) is 11.2. The normalized spacial score (nSPS) is 27.7. The Bertz CT molecular complexity index is 207. The molecule has 2 fully saturated rings. The highest BCUT2D eigenvalue weighted by atomic mass is 16.5. The summed E-state index contributed by atoms with van der Waals surface area (Å²) in [6.07, 6.45) is 2.79. The van der Waals surface area contributed by atoms with Crippen LogP contribution in [0.4, 0.5) is 0 Å². The van der Waals surface area contributed by atoms with E-state index >= 15 is 0 Å². The molecule has 1 N–H and O–H groups in total. The third-order valence-corrected chi connectivity index (χ3v) is 3.88. The second-order valence-corrected chi connectivity index (χ2v) is 5.12. The van der Waals surface area contributed by atoms with Gasteiger partial charge in [0.15, 0.2) is 0 Å². The summed E-state index contributed by atoms with van der Waals surface area (Å²) in [4.78, 5) is 5.20. The second kappa shape index (κ2) is 7.31. The third-order valence-electron chi connectivity index (χ3n) is 3.88. The lowest BCUT2D eigenvalue weighted by Crippen LogP contribution is -2.52. The van der Waals surface area contributed by atoms with Gasteiger partial charge in [-0.3, -0.25) is 4.90 Å². The molecule has 0 aliphatic carbocycles. The Morgan fingerprint density at radius 3 is 2.76 bits per heavy atom. The van der Waals surface area contributed by atoms with E-state index in [4.69, 9.17) is 4.74 Å². The first-order chi connectivity index (χ1) is 8.40. The molecule has 2 aliphatic heterocycles. The summed E-state index contributed by atoms with van der Waals surface area (Å²) in [5.74, 6) is 0. The van der Waals surface area contributed by atoms with Gasteiger partial charge in [0.2, 0.25) is 0 Å². The van der Waals surface area contributed by atoms with Crippen LogP contribution in [0.25, 0.3) is 0 Å². The molecule has 1 unspecified atom stereocenters. The van der Waals surface area contributed by atoms with E-state index < -0.39 is 0 Å². The van der Waals surface area contributed by atoms with Gasteiger partial charge in [-0.15, -0.1) is 0 Å². The largest absolute Gasteiger partial charge is 0.378 e. The maximum Gasteiger partial charge on any atom is 0.0634 e. The summed E-state index contributed by atoms with van der Waals surface area (Å²) in [5, 5.41) is 3.44. The zero-order chi connectivity index (χ0) is 11.9. The molecular weight excluding hydrogens is 214 g/mol. The number of likely N-dealkylation sites (tertiary alicyclic amines) is 1. The lowest BCUT2D eigenvalue weighted by atomic mass is 10.2. The van der Waals surface area contributed by atoms with E-state index in [1.54, 1.807) is 0 Å². The van der Waals surface area contributed by atoms with E-state index in [-0.39, 0.29) is 0 Å². The van der Waals surface area contributed by atoms with Crippen molar-refractivity contribution in [3.05, 3.63) is 0 Å². The number of ether oxygens (including phenoxy) is 1. The minimum atomic E-state index is 0.575. The van der Waals surface area contributed by atoms with Crippen LogP contribution in [0.2, 0.25) is 0 Å². The van der Waals surface area contributed by atoms with E-state index in [1.807, 2.05) is 0 Å². The molecule has 0 aromatic rings. The van der Waals surface area contributed by atoms with Gasteiger partial charge in [0.1, 0.15) is 0 Å². The Kier molecular flexibility index (Phi) is 5.71. The smallest absolute Gasteiger partial charge is 0.0634 e. The van der Waals surface area contributed by atoms with Gasteiger partial charge >= 0.3 is 0 Å². The highest BCUT2D eigenvalue weighted by Crippen LogP contribution is 2.10. The van der Waals surface area contributed by atoms with Gasteiger partial charge < -0.3 is 15.0 Å². The first-order valence-corrected chi connectivity index (χ1v) is 7.15. The number of nitrogens with zero attached hydrogens (tertiary/aromatic N) is 2. The number of rotatable bonds is 6. The van der Waals surface area contributed by atoms with Crippen LogP contribution in [-0.2, 0) is 4.74 Å². The number of nitrogens with one attached hydrogen (secondary N) is 1. The van der Waals surface area contributed by atoms with Crippen molar-refractivity contribution in [1.82, 2.24) is 15.1 Å². The van der Waals surface area contributed by atoms with Crippen LogP contribution in [0.15, 0.2) is 0 Å². The molecule has 0 radical (unpaired) electrons. The van der Waals surface area contributed by atoms with Crippen LogP contribution >= 0.6 is 0 Å². The van der Waals surface area contributed by atoms with Crippen LogP contribution in [-0.4, -0.2) is 74.9 Å². The molecule has 0 spiro atoms. The van der Waals surface area contributed by atoms with Crippen molar-refractivity contribution in [2.45, 2.75) is 25.8 Å². The Morgan fingerprint density at radius 2 is 2.00 bits per heavy atom. The maximum absolute atomic E-state index is 5.59. The van der Waals surface area contributed by atoms with Crippen molar-refractivity contribution < 1.29 is 4.74 Å². The molecule has 4 heteroatoms. The molecular formula is C13H27N3O. The maximum atomic E-state index is 5.59. The number of morpholine rings is 1. The summed E-state index contributed by atoms with van der Waals surface area (Å²) in [7, 11) is 0. The van der Waals surface area contributed by atoms with Crippen molar-refractivity contribution in [1.29, 1.82) is 0 Å². The molecule has 0 aromatic carbocycles. The summed E-state index contributed by atoms with van der Waals surface area (Å²) in [5.41, 5.74) is 0. The molecule has 2 rings (SSSR count). The number of likely N-dealkylation sites (N-methyl/N-ethyl adjacent to an activating group) is 1. The summed E-state index contributed by atoms with van der Waals surface area (Å²) < 4.78 is 5.59. The van der Waals surface area contributed by atoms with Gasteiger partial charge in [-0.05, 0) is 32.5 Å². The molecule has 0 amide bonds. The van der Waals surface area contributed by atoms with Gasteiger partial charge in [-0.25, -0.2) is 0 Å². The second-order valence-electron chi connectivity index (χ2n) is 5.12. The summed E-state index contributed by atoms with van der Waals surface area (Å²) in [6.45, 7) is 12.2. The van der Waals surface area contributed by atoms with Crippen LogP contribution in [0.3, 0.4) is 0 Å². The lowest BCUT2D eigenvalue weighted by molar-refractivity contribution is -0.00939. The van der Waals surface area contributed by atoms with Gasteiger partial charge in [0.25, 0.3) is 0 Å². The molecule has 2 saturated heterocycles. The SMILES string of the molecule is CCNCC1COCCN1CCN1CCCC1. The van der Waals surface area contributed by atoms with Gasteiger partial charge in [-0.1, -0.05) is 6.92 Å². The van der Waals surface area contributed by atoms with E-state index in [0.717, 1.165) is 32.8 Å². The van der Waals surface area contributed by atoms with Crippen LogP contribution in [0, 0.1) is 0 Å². The van der Waals surface area contributed by atoms with Crippen molar-refractivity contribution in [2.75, 3.05) is 59.0 Å². The van der Waals surface area contributed by atoms with Crippen LogP contribution in [0.5, 0.6) is 0 Å². The molecule has 0 aromatic heterocycles. The average Bonchev–Trinajstić information content (AvgIpc) is 2.88. The molecule has 2 aliphatic rings. The predicted molar refractivity (Wildman–Crippen MR) is 70.4 cm³/mol. The third kappa shape index (κ3) is 4.21. The highest BCUT2D eigenvalue weighted by molar-refractivity contribution is 4.79. The molecule has 17 heavy (non-hydrogen) atoms. The first kappa shape index (κ1) is 13.3. The quantitative estimate of drug-likeness (QED) is 0.728. The topological polar surface area (TPSA) is 27.7 Å². The molecule has 2 heterocycles. The minimum absolute atomic E-state index is 0.575. The first-order valence-electron chi connectivity index (χ1n) is 7.15. The molecule has 0 saturated carbocycles. The molecule has 1 atom stereocenters. The number of hydrogen-bond donors (Lipinski definition) is 1. The monoisotopic (exact) mass is 241 g/mol. The fourth-order valence-electron chi connectivity index (χ4n) is 2.76. The Hall–Kier alpha value is -0.160. The van der Waals surface area contributed by atoms with Gasteiger partial charge in [-0.2, -0.15) is 0 Å². The van der Waals surface area contributed by atoms with E-state index in [0.29, 0.717) is 6.04 Å². The van der Waals surface area contributed by atoms with Crippen molar-refractivity contribution in [3.8, 4) is 0 Å². The molecule has 0 bridgehead atoms. The number of hydrogen-bond acceptors (Lipinski definition) is 4. The minimum Gasteiger partial charge on any atom is -0.378 e. The fourth-order valence-corrected chi connectivity index (χ4v) is 2.76. The summed E-state index contributed by atoms with van der Waals surface area (Å²) >= 11 is 0. The average molecular weight is 241 g/mol. The highest BCUT2D eigenvalue weighted by Gasteiger charge is 2.23. The van der Waals surface area contributed by atoms with Gasteiger partial charge in [0.05, 0.1) is 13.2 Å². The van der Waals surface area contributed by atoms with E-state index in [9.17, 15) is 0 Å². The Labute approximate surface area is 105 Å². The lowest BCUT2D eigenvalue weighted by Gasteiger charge is -2.36. The van der Waals surface area contributed by atoms with Crippen molar-refractivity contribution >= 4 is 0 Å². The van der Waals surface area contributed by atoms with Crippen LogP contribution < -0.4 is 5.32 Å². The standard InChI is InChI=1S/C13H27N3O/c1-2-14-11-13-12-17-10-9-16(13)8-7-15-5-3-4-6-15/h13-14H,2-12H2,1H3. The van der Waals surface area contributed by atoms with Crippen LogP contribution in [0.1, 0.15) is 19.8 Å². The van der Waals surface area contributed by atoms with E-state index in [2.05, 4.69) is 22.0 Å². The molecule has 4 nitrogen and oxygen atoms in total. The predicted octanol–water partition coefficient (Wildman–Crippen LogP) is 0.393. The Morgan fingerprint density at radius 1 is 1.18 bits per heavy atom. The zero-order valence-corrected chi connectivity index (χ0v) is 11.2. The fraction of sp³-hybridized carbons (Fsp3) is 1.00.